The van der Waals surface area contributed by atoms with Crippen molar-refractivity contribution in [2.75, 3.05) is 23.9 Å². The van der Waals surface area contributed by atoms with Crippen LogP contribution >= 0.6 is 39.1 Å². The number of aryl methyl sites for hydroxylation is 2. The zero-order chi connectivity index (χ0) is 26.7. The Morgan fingerprint density at radius 1 is 0.946 bits per heavy atom. The summed E-state index contributed by atoms with van der Waals surface area (Å²) in [5, 5.41) is 1.14. The second-order valence-electron chi connectivity index (χ2n) is 9.45. The number of benzene rings is 3. The molecule has 0 unspecified atom stereocenters. The Morgan fingerprint density at radius 3 is 2.14 bits per heavy atom. The molecule has 1 saturated heterocycles. The van der Waals surface area contributed by atoms with Crippen molar-refractivity contribution in [1.82, 2.24) is 4.90 Å². The Morgan fingerprint density at radius 2 is 1.54 bits per heavy atom. The van der Waals surface area contributed by atoms with Crippen molar-refractivity contribution in [3.8, 4) is 0 Å². The van der Waals surface area contributed by atoms with Gasteiger partial charge in [0.25, 0.3) is 10.0 Å². The third-order valence-corrected chi connectivity index (χ3v) is 9.69. The smallest absolute Gasteiger partial charge is 0.264 e. The van der Waals surface area contributed by atoms with Crippen LogP contribution in [0.2, 0.25) is 10.0 Å². The number of sulfonamides is 1. The zero-order valence-corrected chi connectivity index (χ0v) is 24.7. The molecule has 0 aliphatic carbocycles. The lowest BCUT2D eigenvalue weighted by molar-refractivity contribution is -0.132. The summed E-state index contributed by atoms with van der Waals surface area (Å²) in [6.07, 6.45) is 1.78. The molecule has 0 bridgehead atoms. The second-order valence-corrected chi connectivity index (χ2v) is 13.0. The maximum atomic E-state index is 13.7. The fraction of sp³-hybridized carbons (Fsp3) is 0.321. The minimum Gasteiger partial charge on any atom is -0.343 e. The van der Waals surface area contributed by atoms with E-state index < -0.39 is 10.0 Å². The highest BCUT2D eigenvalue weighted by Crippen LogP contribution is 2.35. The van der Waals surface area contributed by atoms with Gasteiger partial charge in [0.05, 0.1) is 10.6 Å². The summed E-state index contributed by atoms with van der Waals surface area (Å²) in [7, 11) is -3.90. The van der Waals surface area contributed by atoms with Gasteiger partial charge in [0.15, 0.2) is 0 Å². The van der Waals surface area contributed by atoms with Gasteiger partial charge in [0.1, 0.15) is 0 Å². The van der Waals surface area contributed by atoms with Crippen molar-refractivity contribution in [1.29, 1.82) is 0 Å². The second kappa shape index (κ2) is 11.8. The number of carbonyl (C=O) groups excluding carboxylic acids is 1. The van der Waals surface area contributed by atoms with Gasteiger partial charge in [-0.3, -0.25) is 9.10 Å². The molecule has 9 heteroatoms. The molecule has 0 radical (unpaired) electrons. The van der Waals surface area contributed by atoms with E-state index in [0.29, 0.717) is 34.7 Å². The Bertz CT molecular complexity index is 1370. The van der Waals surface area contributed by atoms with Crippen LogP contribution in [-0.4, -0.2) is 38.9 Å². The number of anilines is 1. The van der Waals surface area contributed by atoms with Gasteiger partial charge in [-0.1, -0.05) is 51.3 Å². The molecule has 1 aliphatic heterocycles. The van der Waals surface area contributed by atoms with Crippen LogP contribution in [0.4, 0.5) is 5.69 Å². The van der Waals surface area contributed by atoms with E-state index in [1.54, 1.807) is 12.1 Å². The summed E-state index contributed by atoms with van der Waals surface area (Å²) in [6, 6.07) is 17.6. The van der Waals surface area contributed by atoms with Crippen LogP contribution in [0.3, 0.4) is 0 Å². The topological polar surface area (TPSA) is 57.7 Å². The molecular weight excluding hydrogens is 595 g/mol. The normalized spacial score (nSPS) is 14.6. The maximum Gasteiger partial charge on any atom is 0.264 e. The van der Waals surface area contributed by atoms with Crippen molar-refractivity contribution in [2.24, 2.45) is 0 Å². The van der Waals surface area contributed by atoms with Crippen LogP contribution in [0.1, 0.15) is 41.9 Å². The molecule has 1 heterocycles. The van der Waals surface area contributed by atoms with Crippen molar-refractivity contribution < 1.29 is 13.2 Å². The monoisotopic (exact) mass is 622 g/mol. The predicted octanol–water partition coefficient (Wildman–Crippen LogP) is 7.36. The van der Waals surface area contributed by atoms with E-state index in [1.807, 2.05) is 55.1 Å². The number of piperidine rings is 1. The molecule has 0 N–H and O–H groups in total. The summed E-state index contributed by atoms with van der Waals surface area (Å²) in [5.74, 6) is 0.294. The maximum absolute atomic E-state index is 13.7. The quantitative estimate of drug-likeness (QED) is 0.276. The van der Waals surface area contributed by atoms with Crippen molar-refractivity contribution in [2.45, 2.75) is 43.9 Å². The van der Waals surface area contributed by atoms with Gasteiger partial charge in [-0.05, 0) is 97.8 Å². The lowest BCUT2D eigenvalue weighted by atomic mass is 9.89. The summed E-state index contributed by atoms with van der Waals surface area (Å²) in [5.41, 5.74) is 3.65. The molecule has 5 nitrogen and oxygen atoms in total. The highest BCUT2D eigenvalue weighted by Gasteiger charge is 2.29. The average Bonchev–Trinajstić information content (AvgIpc) is 2.84. The molecule has 196 valence electrons. The van der Waals surface area contributed by atoms with Crippen LogP contribution in [0.25, 0.3) is 0 Å². The molecule has 3 aromatic carbocycles. The molecule has 3 aromatic rings. The number of carbonyl (C=O) groups is 1. The summed E-state index contributed by atoms with van der Waals surface area (Å²) in [4.78, 5) is 15.2. The van der Waals surface area contributed by atoms with Gasteiger partial charge in [-0.15, -0.1) is 0 Å². The van der Waals surface area contributed by atoms with E-state index in [0.717, 1.165) is 28.4 Å². The average molecular weight is 624 g/mol. The molecule has 1 aliphatic rings. The summed E-state index contributed by atoms with van der Waals surface area (Å²) in [6.45, 7) is 5.17. The van der Waals surface area contributed by atoms with Gasteiger partial charge in [0, 0.05) is 40.6 Å². The van der Waals surface area contributed by atoms with Crippen molar-refractivity contribution >= 4 is 60.7 Å². The van der Waals surface area contributed by atoms with E-state index in [9.17, 15) is 13.2 Å². The largest absolute Gasteiger partial charge is 0.343 e. The van der Waals surface area contributed by atoms with Gasteiger partial charge < -0.3 is 4.90 Å². The molecule has 0 atom stereocenters. The van der Waals surface area contributed by atoms with Crippen LogP contribution in [-0.2, 0) is 14.8 Å². The molecule has 0 aromatic heterocycles. The number of rotatable bonds is 7. The standard InChI is InChI=1S/C28H29BrCl2N2O3S/c1-19-15-20(2)17-24(16-19)33(37(35,36)25-6-3-22(30)4-7-25)14-11-28(34)32-12-9-21(10-13-32)26-8-5-23(31)18-27(26)29/h3-8,15-18,21H,9-14H2,1-2H3. The zero-order valence-electron chi connectivity index (χ0n) is 20.8. The number of amides is 1. The number of nitrogens with zero attached hydrogens (tertiary/aromatic N) is 2. The minimum absolute atomic E-state index is 0.0469. The number of hydrogen-bond acceptors (Lipinski definition) is 3. The molecule has 0 saturated carbocycles. The molecule has 37 heavy (non-hydrogen) atoms. The first kappa shape index (κ1) is 28.0. The van der Waals surface area contributed by atoms with Crippen molar-refractivity contribution in [3.63, 3.8) is 0 Å². The number of hydrogen-bond donors (Lipinski definition) is 0. The Balaban J connectivity index is 1.49. The van der Waals surface area contributed by atoms with E-state index in [2.05, 4.69) is 15.9 Å². The van der Waals surface area contributed by atoms with E-state index >= 15 is 0 Å². The van der Waals surface area contributed by atoms with E-state index in [4.69, 9.17) is 23.2 Å². The fourth-order valence-corrected chi connectivity index (χ4v) is 7.43. The van der Waals surface area contributed by atoms with Gasteiger partial charge in [-0.2, -0.15) is 0 Å². The molecule has 4 rings (SSSR count). The molecule has 0 spiro atoms. The number of halogens is 3. The SMILES string of the molecule is Cc1cc(C)cc(N(CCC(=O)N2CCC(c3ccc(Cl)cc3Br)CC2)S(=O)(=O)c2ccc(Cl)cc2)c1. The van der Waals surface area contributed by atoms with E-state index in [1.165, 1.54) is 22.0 Å². The first-order chi connectivity index (χ1) is 17.5. The Hall–Kier alpha value is -2.06. The highest BCUT2D eigenvalue weighted by molar-refractivity contribution is 9.10. The molecule has 1 amide bonds. The fourth-order valence-electron chi connectivity index (χ4n) is 4.84. The third kappa shape index (κ3) is 6.69. The Kier molecular flexibility index (Phi) is 8.89. The van der Waals surface area contributed by atoms with Gasteiger partial charge in [-0.25, -0.2) is 8.42 Å². The lowest BCUT2D eigenvalue weighted by Gasteiger charge is -2.33. The summed E-state index contributed by atoms with van der Waals surface area (Å²) < 4.78 is 29.6. The van der Waals surface area contributed by atoms with Crippen LogP contribution in [0, 0.1) is 13.8 Å². The molecule has 1 fully saturated rings. The van der Waals surface area contributed by atoms with Crippen molar-refractivity contribution in [3.05, 3.63) is 91.9 Å². The predicted molar refractivity (Wildman–Crippen MR) is 154 cm³/mol. The van der Waals surface area contributed by atoms with Gasteiger partial charge >= 0.3 is 0 Å². The van der Waals surface area contributed by atoms with Crippen LogP contribution in [0.15, 0.2) is 70.0 Å². The van der Waals surface area contributed by atoms with Crippen LogP contribution < -0.4 is 4.31 Å². The first-order valence-electron chi connectivity index (χ1n) is 12.1. The summed E-state index contributed by atoms with van der Waals surface area (Å²) >= 11 is 15.7. The van der Waals surface area contributed by atoms with Crippen LogP contribution in [0.5, 0.6) is 0 Å². The molecular formula is C28H29BrCl2N2O3S. The van der Waals surface area contributed by atoms with E-state index in [-0.39, 0.29) is 23.8 Å². The van der Waals surface area contributed by atoms with Gasteiger partial charge in [0.2, 0.25) is 5.91 Å². The minimum atomic E-state index is -3.90. The highest BCUT2D eigenvalue weighted by atomic mass is 79.9. The third-order valence-electron chi connectivity index (χ3n) is 6.67. The first-order valence-corrected chi connectivity index (χ1v) is 15.1. The lowest BCUT2D eigenvalue weighted by Crippen LogP contribution is -2.40. The number of likely N-dealkylation sites (tertiary alicyclic amines) is 1. The Labute approximate surface area is 237 Å².